The first kappa shape index (κ1) is 19.6. The van der Waals surface area contributed by atoms with Crippen LogP contribution in [-0.2, 0) is 0 Å². The highest BCUT2D eigenvalue weighted by atomic mass is 19.1. The third kappa shape index (κ3) is 5.20. The van der Waals surface area contributed by atoms with E-state index in [2.05, 4.69) is 82.6 Å². The molecule has 0 aromatic heterocycles. The fourth-order valence-electron chi connectivity index (χ4n) is 4.00. The van der Waals surface area contributed by atoms with E-state index in [4.69, 9.17) is 0 Å². The van der Waals surface area contributed by atoms with Gasteiger partial charge in [-0.1, -0.05) is 84.9 Å². The molecular weight excluding hydrogens is 359 g/mol. The minimum atomic E-state index is -0.190. The van der Waals surface area contributed by atoms with Gasteiger partial charge in [-0.2, -0.15) is 0 Å². The molecule has 1 aliphatic rings. The number of halogens is 1. The molecule has 0 radical (unpaired) electrons. The Morgan fingerprint density at radius 2 is 1.28 bits per heavy atom. The van der Waals surface area contributed by atoms with Crippen LogP contribution in [0.4, 0.5) is 4.39 Å². The van der Waals surface area contributed by atoms with Gasteiger partial charge >= 0.3 is 0 Å². The largest absolute Gasteiger partial charge is 0.297 e. The van der Waals surface area contributed by atoms with Crippen molar-refractivity contribution in [3.63, 3.8) is 0 Å². The Labute approximate surface area is 172 Å². The van der Waals surface area contributed by atoms with E-state index in [0.29, 0.717) is 6.04 Å². The summed E-state index contributed by atoms with van der Waals surface area (Å²) in [6.45, 7) is 5.10. The van der Waals surface area contributed by atoms with E-state index in [9.17, 15) is 4.39 Å². The fourth-order valence-corrected chi connectivity index (χ4v) is 4.00. The van der Waals surface area contributed by atoms with Gasteiger partial charge in [0.2, 0.25) is 0 Å². The summed E-state index contributed by atoms with van der Waals surface area (Å²) >= 11 is 0. The van der Waals surface area contributed by atoms with Crippen LogP contribution in [0.3, 0.4) is 0 Å². The van der Waals surface area contributed by atoms with E-state index < -0.39 is 0 Å². The van der Waals surface area contributed by atoms with Gasteiger partial charge in [-0.05, 0) is 28.8 Å². The normalized spacial score (nSPS) is 15.9. The number of rotatable bonds is 6. The Morgan fingerprint density at radius 3 is 1.83 bits per heavy atom. The zero-order valence-corrected chi connectivity index (χ0v) is 16.6. The van der Waals surface area contributed by atoms with Crippen LogP contribution in [0, 0.1) is 5.82 Å². The molecule has 0 spiro atoms. The number of benzene rings is 3. The molecule has 0 atom stereocenters. The van der Waals surface area contributed by atoms with Crippen LogP contribution in [-0.4, -0.2) is 42.5 Å². The van der Waals surface area contributed by atoms with Gasteiger partial charge < -0.3 is 0 Å². The standard InChI is InChI=1S/C26H27FN2/c27-25-15-13-22(14-16-25)8-7-17-28-18-20-29(21-19-28)26(23-9-3-1-4-10-23)24-11-5-2-6-12-24/h1-16,26H,17-21H2/b8-7+. The number of hydrogen-bond donors (Lipinski definition) is 0. The predicted octanol–water partition coefficient (Wildman–Crippen LogP) is 5.25. The molecule has 0 amide bonds. The zero-order chi connectivity index (χ0) is 19.9. The Hall–Kier alpha value is -2.75. The van der Waals surface area contributed by atoms with Gasteiger partial charge in [0.25, 0.3) is 0 Å². The van der Waals surface area contributed by atoms with E-state index in [0.717, 1.165) is 38.3 Å². The van der Waals surface area contributed by atoms with Crippen LogP contribution in [0.25, 0.3) is 6.08 Å². The highest BCUT2D eigenvalue weighted by molar-refractivity contribution is 5.49. The summed E-state index contributed by atoms with van der Waals surface area (Å²) in [5, 5.41) is 0. The van der Waals surface area contributed by atoms with Crippen molar-refractivity contribution in [2.45, 2.75) is 6.04 Å². The first-order valence-electron chi connectivity index (χ1n) is 10.3. The number of piperazine rings is 1. The van der Waals surface area contributed by atoms with E-state index in [1.807, 2.05) is 12.1 Å². The van der Waals surface area contributed by atoms with Crippen molar-refractivity contribution in [2.75, 3.05) is 32.7 Å². The summed E-state index contributed by atoms with van der Waals surface area (Å²) < 4.78 is 13.0. The highest BCUT2D eigenvalue weighted by Gasteiger charge is 2.25. The topological polar surface area (TPSA) is 6.48 Å². The van der Waals surface area contributed by atoms with Crippen LogP contribution in [0.5, 0.6) is 0 Å². The summed E-state index contributed by atoms with van der Waals surface area (Å²) in [6, 6.07) is 28.5. The lowest BCUT2D eigenvalue weighted by molar-refractivity contribution is 0.118. The van der Waals surface area contributed by atoms with Crippen LogP contribution >= 0.6 is 0 Å². The minimum Gasteiger partial charge on any atom is -0.297 e. The Bertz CT molecular complexity index is 859. The summed E-state index contributed by atoms with van der Waals surface area (Å²) in [7, 11) is 0. The molecule has 29 heavy (non-hydrogen) atoms. The Morgan fingerprint density at radius 1 is 0.724 bits per heavy atom. The second-order valence-electron chi connectivity index (χ2n) is 7.51. The molecule has 0 bridgehead atoms. The SMILES string of the molecule is Fc1ccc(/C=C/CN2CCN(C(c3ccccc3)c3ccccc3)CC2)cc1. The summed E-state index contributed by atoms with van der Waals surface area (Å²) in [5.41, 5.74) is 3.74. The van der Waals surface area contributed by atoms with Gasteiger partial charge in [0.15, 0.2) is 0 Å². The first-order valence-corrected chi connectivity index (χ1v) is 10.3. The molecule has 3 aromatic carbocycles. The maximum absolute atomic E-state index is 13.0. The summed E-state index contributed by atoms with van der Waals surface area (Å²) in [4.78, 5) is 5.06. The van der Waals surface area contributed by atoms with Crippen molar-refractivity contribution in [2.24, 2.45) is 0 Å². The van der Waals surface area contributed by atoms with Crippen LogP contribution in [0.2, 0.25) is 0 Å². The maximum atomic E-state index is 13.0. The zero-order valence-electron chi connectivity index (χ0n) is 16.6. The van der Waals surface area contributed by atoms with Gasteiger partial charge in [0, 0.05) is 32.7 Å². The number of nitrogens with zero attached hydrogens (tertiary/aromatic N) is 2. The van der Waals surface area contributed by atoms with Crippen molar-refractivity contribution in [1.82, 2.24) is 9.80 Å². The van der Waals surface area contributed by atoms with Crippen LogP contribution < -0.4 is 0 Å². The van der Waals surface area contributed by atoms with Crippen molar-refractivity contribution in [3.8, 4) is 0 Å². The van der Waals surface area contributed by atoms with Gasteiger partial charge in [-0.15, -0.1) is 0 Å². The fraction of sp³-hybridized carbons (Fsp3) is 0.231. The second-order valence-corrected chi connectivity index (χ2v) is 7.51. The molecule has 2 nitrogen and oxygen atoms in total. The lowest BCUT2D eigenvalue weighted by Crippen LogP contribution is -2.47. The smallest absolute Gasteiger partial charge is 0.123 e. The second kappa shape index (κ2) is 9.64. The van der Waals surface area contributed by atoms with E-state index in [1.54, 1.807) is 0 Å². The third-order valence-corrected chi connectivity index (χ3v) is 5.55. The molecule has 0 N–H and O–H groups in total. The van der Waals surface area contributed by atoms with Gasteiger partial charge in [0.05, 0.1) is 6.04 Å². The van der Waals surface area contributed by atoms with Crippen molar-refractivity contribution in [1.29, 1.82) is 0 Å². The monoisotopic (exact) mass is 386 g/mol. The minimum absolute atomic E-state index is 0.190. The molecule has 0 unspecified atom stereocenters. The van der Waals surface area contributed by atoms with Crippen molar-refractivity contribution >= 4 is 6.08 Å². The van der Waals surface area contributed by atoms with Crippen LogP contribution in [0.15, 0.2) is 91.0 Å². The van der Waals surface area contributed by atoms with Crippen LogP contribution in [0.1, 0.15) is 22.7 Å². The average Bonchev–Trinajstić information content (AvgIpc) is 2.78. The molecule has 1 saturated heterocycles. The highest BCUT2D eigenvalue weighted by Crippen LogP contribution is 2.29. The molecule has 1 aliphatic heterocycles. The Kier molecular flexibility index (Phi) is 6.50. The predicted molar refractivity (Wildman–Crippen MR) is 118 cm³/mol. The van der Waals surface area contributed by atoms with Gasteiger partial charge in [-0.25, -0.2) is 4.39 Å². The van der Waals surface area contributed by atoms with E-state index in [-0.39, 0.29) is 5.82 Å². The molecule has 3 heteroatoms. The molecular formula is C26H27FN2. The quantitative estimate of drug-likeness (QED) is 0.571. The van der Waals surface area contributed by atoms with Gasteiger partial charge in [0.1, 0.15) is 5.82 Å². The molecule has 0 saturated carbocycles. The number of hydrogen-bond acceptors (Lipinski definition) is 2. The molecule has 3 aromatic rings. The van der Waals surface area contributed by atoms with Gasteiger partial charge in [-0.3, -0.25) is 9.80 Å². The maximum Gasteiger partial charge on any atom is 0.123 e. The van der Waals surface area contributed by atoms with Crippen molar-refractivity contribution in [3.05, 3.63) is 114 Å². The molecule has 1 heterocycles. The lowest BCUT2D eigenvalue weighted by atomic mass is 9.96. The molecule has 4 rings (SSSR count). The van der Waals surface area contributed by atoms with E-state index >= 15 is 0 Å². The lowest BCUT2D eigenvalue weighted by Gasteiger charge is -2.39. The summed E-state index contributed by atoms with van der Waals surface area (Å²) in [6.07, 6.45) is 4.25. The molecule has 1 fully saturated rings. The van der Waals surface area contributed by atoms with Crippen molar-refractivity contribution < 1.29 is 4.39 Å². The molecule has 148 valence electrons. The third-order valence-electron chi connectivity index (χ3n) is 5.55. The summed E-state index contributed by atoms with van der Waals surface area (Å²) in [5.74, 6) is -0.190. The first-order chi connectivity index (χ1) is 14.3. The van der Waals surface area contributed by atoms with E-state index in [1.165, 1.54) is 23.3 Å². The average molecular weight is 387 g/mol. The molecule has 0 aliphatic carbocycles. The Balaban J connectivity index is 1.38.